The molecule has 1 aromatic carbocycles. The van der Waals surface area contributed by atoms with E-state index in [0.29, 0.717) is 39.4 Å². The van der Waals surface area contributed by atoms with Crippen molar-refractivity contribution in [3.63, 3.8) is 0 Å². The molecule has 1 spiro atoms. The fourth-order valence-electron chi connectivity index (χ4n) is 7.20. The maximum Gasteiger partial charge on any atom is 0.249 e. The Morgan fingerprint density at radius 3 is 2.40 bits per heavy atom. The molecule has 5 aliphatic rings. The van der Waals surface area contributed by atoms with E-state index >= 15 is 0 Å². The lowest BCUT2D eigenvalue weighted by atomic mass is 9.74. The Kier molecular flexibility index (Phi) is 7.06. The molecule has 0 aromatic heterocycles. The number of para-hydroxylation sites is 1. The summed E-state index contributed by atoms with van der Waals surface area (Å²) in [6.45, 7) is 8.19. The standard InChI is InChI=1S/C30H38N4O6/c1-21(20-35)34-25-28(38)32(15-14-31-16-18-39-19-17-31)12-7-11-30(25)24(27(34)37)23-26(36)33(22-8-4-3-5-9-22)13-6-10-29(23,2)40-30/h3-11,21,23-25,35H,12-20H2,1-2H3/t21-,23-,24+,25?,29+,30+/m1/s1. The molecule has 10 nitrogen and oxygen atoms in total. The Balaban J connectivity index is 1.38. The number of rotatable bonds is 6. The van der Waals surface area contributed by atoms with E-state index in [4.69, 9.17) is 9.47 Å². The van der Waals surface area contributed by atoms with E-state index in [1.54, 1.807) is 16.7 Å². The molecule has 10 heteroatoms. The van der Waals surface area contributed by atoms with Crippen LogP contribution in [-0.2, 0) is 23.9 Å². The maximum atomic E-state index is 14.3. The lowest BCUT2D eigenvalue weighted by molar-refractivity contribution is -0.153. The molecule has 0 radical (unpaired) electrons. The van der Waals surface area contributed by atoms with Crippen LogP contribution in [0.2, 0.25) is 0 Å². The number of aliphatic hydroxyl groups is 1. The number of carbonyl (C=O) groups excluding carboxylic acids is 3. The van der Waals surface area contributed by atoms with Crippen molar-refractivity contribution in [3.05, 3.63) is 54.6 Å². The van der Waals surface area contributed by atoms with E-state index < -0.39 is 35.1 Å². The first-order valence-electron chi connectivity index (χ1n) is 14.2. The van der Waals surface area contributed by atoms with Gasteiger partial charge in [0.15, 0.2) is 0 Å². The van der Waals surface area contributed by atoms with Crippen molar-refractivity contribution >= 4 is 23.4 Å². The van der Waals surface area contributed by atoms with E-state index in [1.165, 1.54) is 4.90 Å². The van der Waals surface area contributed by atoms with Gasteiger partial charge in [-0.25, -0.2) is 0 Å². The number of nitrogens with zero attached hydrogens (tertiary/aromatic N) is 4. The smallest absolute Gasteiger partial charge is 0.249 e. The second-order valence-electron chi connectivity index (χ2n) is 11.6. The van der Waals surface area contributed by atoms with Crippen LogP contribution >= 0.6 is 0 Å². The highest BCUT2D eigenvalue weighted by atomic mass is 16.5. The van der Waals surface area contributed by atoms with Gasteiger partial charge in [-0.2, -0.15) is 0 Å². The number of carbonyl (C=O) groups is 3. The van der Waals surface area contributed by atoms with Crippen LogP contribution in [0.3, 0.4) is 0 Å². The minimum atomic E-state index is -1.33. The van der Waals surface area contributed by atoms with Gasteiger partial charge in [-0.3, -0.25) is 19.3 Å². The molecule has 6 rings (SSSR count). The predicted molar refractivity (Wildman–Crippen MR) is 147 cm³/mol. The van der Waals surface area contributed by atoms with Gasteiger partial charge in [0.1, 0.15) is 11.6 Å². The summed E-state index contributed by atoms with van der Waals surface area (Å²) in [5.74, 6) is -2.50. The highest BCUT2D eigenvalue weighted by Gasteiger charge is 2.75. The predicted octanol–water partition coefficient (Wildman–Crippen LogP) is 0.672. The van der Waals surface area contributed by atoms with Crippen molar-refractivity contribution in [1.82, 2.24) is 14.7 Å². The van der Waals surface area contributed by atoms with Crippen LogP contribution in [0.25, 0.3) is 0 Å². The molecule has 0 saturated carbocycles. The van der Waals surface area contributed by atoms with Crippen LogP contribution in [-0.4, -0.2) is 120 Å². The summed E-state index contributed by atoms with van der Waals surface area (Å²) in [5, 5.41) is 10.1. The summed E-state index contributed by atoms with van der Waals surface area (Å²) in [6.07, 6.45) is 7.55. The third-order valence-corrected chi connectivity index (χ3v) is 9.18. The van der Waals surface area contributed by atoms with Crippen molar-refractivity contribution in [2.45, 2.75) is 37.1 Å². The minimum absolute atomic E-state index is 0.208. The summed E-state index contributed by atoms with van der Waals surface area (Å²) >= 11 is 0. The molecule has 214 valence electrons. The molecule has 1 N–H and O–H groups in total. The number of ether oxygens (including phenoxy) is 2. The SMILES string of the molecule is C[C@H](CO)N1C(=O)[C@@H]2[C@@H]3C(=O)N(c4ccccc4)CC=C[C@]3(C)O[C@@]23C=CCN(CCN2CCOCC2)C(=O)C13. The van der Waals surface area contributed by atoms with E-state index in [1.807, 2.05) is 61.6 Å². The summed E-state index contributed by atoms with van der Waals surface area (Å²) < 4.78 is 12.3. The van der Waals surface area contributed by atoms with Crippen LogP contribution in [0.1, 0.15) is 13.8 Å². The highest BCUT2D eigenvalue weighted by molar-refractivity contribution is 6.04. The van der Waals surface area contributed by atoms with Crippen LogP contribution in [0, 0.1) is 11.8 Å². The Morgan fingerprint density at radius 1 is 0.950 bits per heavy atom. The van der Waals surface area contributed by atoms with Gasteiger partial charge in [-0.1, -0.05) is 42.5 Å². The van der Waals surface area contributed by atoms with Crippen molar-refractivity contribution < 1.29 is 29.0 Å². The Morgan fingerprint density at radius 2 is 1.68 bits per heavy atom. The van der Waals surface area contributed by atoms with E-state index in [-0.39, 0.29) is 24.3 Å². The van der Waals surface area contributed by atoms with Crippen LogP contribution in [0.5, 0.6) is 0 Å². The van der Waals surface area contributed by atoms with Crippen LogP contribution in [0.4, 0.5) is 5.69 Å². The summed E-state index contributed by atoms with van der Waals surface area (Å²) in [7, 11) is 0. The average Bonchev–Trinajstić information content (AvgIpc) is 3.25. The number of morpholine rings is 1. The molecule has 5 heterocycles. The number of hydrogen-bond acceptors (Lipinski definition) is 7. The van der Waals surface area contributed by atoms with Gasteiger partial charge in [0, 0.05) is 45.0 Å². The Bertz CT molecular complexity index is 1220. The third-order valence-electron chi connectivity index (χ3n) is 9.18. The molecule has 40 heavy (non-hydrogen) atoms. The molecular formula is C30H38N4O6. The molecule has 6 atom stereocenters. The van der Waals surface area contributed by atoms with Crippen LogP contribution in [0.15, 0.2) is 54.6 Å². The number of fused-ring (bicyclic) bond motifs is 2. The monoisotopic (exact) mass is 550 g/mol. The highest BCUT2D eigenvalue weighted by Crippen LogP contribution is 2.58. The molecule has 0 aliphatic carbocycles. The zero-order valence-electron chi connectivity index (χ0n) is 23.1. The van der Waals surface area contributed by atoms with Gasteiger partial charge in [0.25, 0.3) is 0 Å². The fourth-order valence-corrected chi connectivity index (χ4v) is 7.20. The molecule has 3 fully saturated rings. The normalized spacial score (nSPS) is 34.9. The second kappa shape index (κ2) is 10.4. The number of hydrogen-bond donors (Lipinski definition) is 1. The number of anilines is 1. The van der Waals surface area contributed by atoms with Crippen molar-refractivity contribution in [2.75, 3.05) is 64.0 Å². The third kappa shape index (κ3) is 4.20. The zero-order valence-corrected chi connectivity index (χ0v) is 23.1. The molecule has 3 amide bonds. The van der Waals surface area contributed by atoms with Crippen molar-refractivity contribution in [3.8, 4) is 0 Å². The topological polar surface area (TPSA) is 103 Å². The summed E-state index contributed by atoms with van der Waals surface area (Å²) in [5.41, 5.74) is -1.67. The lowest BCUT2D eigenvalue weighted by Crippen LogP contribution is -2.58. The van der Waals surface area contributed by atoms with Crippen molar-refractivity contribution in [1.29, 1.82) is 0 Å². The second-order valence-corrected chi connectivity index (χ2v) is 11.6. The fraction of sp³-hybridized carbons (Fsp3) is 0.567. The first-order chi connectivity index (χ1) is 19.3. The van der Waals surface area contributed by atoms with E-state index in [2.05, 4.69) is 4.90 Å². The van der Waals surface area contributed by atoms with Crippen molar-refractivity contribution in [2.24, 2.45) is 11.8 Å². The summed E-state index contributed by atoms with van der Waals surface area (Å²) in [6, 6.07) is 7.80. The van der Waals surface area contributed by atoms with Gasteiger partial charge < -0.3 is 29.3 Å². The van der Waals surface area contributed by atoms with Gasteiger partial charge in [-0.15, -0.1) is 0 Å². The largest absolute Gasteiger partial charge is 0.394 e. The lowest BCUT2D eigenvalue weighted by Gasteiger charge is -2.39. The van der Waals surface area contributed by atoms with E-state index in [9.17, 15) is 19.5 Å². The number of benzene rings is 1. The van der Waals surface area contributed by atoms with Gasteiger partial charge in [-0.05, 0) is 26.0 Å². The quantitative estimate of drug-likeness (QED) is 0.520. The maximum absolute atomic E-state index is 14.3. The Hall–Kier alpha value is -3.05. The zero-order chi connectivity index (χ0) is 28.1. The molecule has 3 saturated heterocycles. The first-order valence-corrected chi connectivity index (χ1v) is 14.2. The van der Waals surface area contributed by atoms with E-state index in [0.717, 1.165) is 18.8 Å². The van der Waals surface area contributed by atoms with Gasteiger partial charge in [0.05, 0.1) is 43.3 Å². The number of aliphatic hydroxyl groups excluding tert-OH is 1. The summed E-state index contributed by atoms with van der Waals surface area (Å²) in [4.78, 5) is 50.2. The molecular weight excluding hydrogens is 512 g/mol. The van der Waals surface area contributed by atoms with Gasteiger partial charge in [0.2, 0.25) is 17.7 Å². The average molecular weight is 551 g/mol. The molecule has 1 aromatic rings. The molecule has 5 aliphatic heterocycles. The van der Waals surface area contributed by atoms with Gasteiger partial charge >= 0.3 is 0 Å². The number of likely N-dealkylation sites (tertiary alicyclic amines) is 1. The first kappa shape index (κ1) is 27.1. The van der Waals surface area contributed by atoms with Crippen LogP contribution < -0.4 is 4.90 Å². The minimum Gasteiger partial charge on any atom is -0.394 e. The number of amides is 3. The molecule has 1 unspecified atom stereocenters. The Labute approximate surface area is 234 Å². The molecule has 0 bridgehead atoms.